The van der Waals surface area contributed by atoms with Crippen LogP contribution >= 0.6 is 23.2 Å². The maximum atomic E-state index is 11.2. The van der Waals surface area contributed by atoms with Gasteiger partial charge in [-0.15, -0.1) is 0 Å². The summed E-state index contributed by atoms with van der Waals surface area (Å²) in [6.45, 7) is 1.66. The first kappa shape index (κ1) is 11.2. The van der Waals surface area contributed by atoms with E-state index >= 15 is 0 Å². The van der Waals surface area contributed by atoms with Crippen LogP contribution in [0, 0.1) is 0 Å². The molecule has 1 heterocycles. The number of carbonyl (C=O) groups excluding carboxylic acids is 1. The van der Waals surface area contributed by atoms with Gasteiger partial charge in [-0.25, -0.2) is 9.97 Å². The van der Waals surface area contributed by atoms with Crippen LogP contribution in [0.2, 0.25) is 10.4 Å². The Morgan fingerprint density at radius 1 is 1.57 bits per heavy atom. The highest BCUT2D eigenvalue weighted by Gasteiger charge is 2.19. The van der Waals surface area contributed by atoms with Crippen molar-refractivity contribution in [1.82, 2.24) is 9.97 Å². The van der Waals surface area contributed by atoms with Crippen LogP contribution in [0.3, 0.4) is 0 Å². The molecule has 0 fully saturated rings. The van der Waals surface area contributed by atoms with Crippen molar-refractivity contribution >= 4 is 29.2 Å². The van der Waals surface area contributed by atoms with Gasteiger partial charge in [0.2, 0.25) is 5.28 Å². The summed E-state index contributed by atoms with van der Waals surface area (Å²) in [5, 5.41) is 0.221. The maximum Gasteiger partial charge on any atom is 0.313 e. The first-order valence-electron chi connectivity index (χ1n) is 3.82. The van der Waals surface area contributed by atoms with Gasteiger partial charge >= 0.3 is 5.97 Å². The van der Waals surface area contributed by atoms with E-state index in [1.54, 1.807) is 6.92 Å². The van der Waals surface area contributed by atoms with Crippen LogP contribution in [-0.2, 0) is 9.53 Å². The molecule has 0 spiro atoms. The Morgan fingerprint density at radius 2 is 2.21 bits per heavy atom. The fraction of sp³-hybridized carbons (Fsp3) is 0.375. The zero-order valence-electron chi connectivity index (χ0n) is 7.62. The van der Waals surface area contributed by atoms with Crippen LogP contribution < -0.4 is 0 Å². The lowest BCUT2D eigenvalue weighted by atomic mass is 10.1. The lowest BCUT2D eigenvalue weighted by Crippen LogP contribution is -2.12. The molecule has 0 bridgehead atoms. The molecule has 1 unspecified atom stereocenters. The molecule has 1 aromatic rings. The van der Waals surface area contributed by atoms with Crippen LogP contribution in [0.4, 0.5) is 0 Å². The van der Waals surface area contributed by atoms with Crippen molar-refractivity contribution in [1.29, 1.82) is 0 Å². The van der Waals surface area contributed by atoms with E-state index in [9.17, 15) is 4.79 Å². The van der Waals surface area contributed by atoms with Crippen molar-refractivity contribution < 1.29 is 9.53 Å². The van der Waals surface area contributed by atoms with Crippen molar-refractivity contribution in [3.63, 3.8) is 0 Å². The Labute approximate surface area is 91.2 Å². The number of ether oxygens (including phenoxy) is 1. The van der Waals surface area contributed by atoms with Crippen LogP contribution in [0.25, 0.3) is 0 Å². The van der Waals surface area contributed by atoms with Gasteiger partial charge in [-0.2, -0.15) is 0 Å². The number of methoxy groups -OCH3 is 1. The highest BCUT2D eigenvalue weighted by Crippen LogP contribution is 2.23. The summed E-state index contributed by atoms with van der Waals surface area (Å²) in [4.78, 5) is 18.6. The molecule has 14 heavy (non-hydrogen) atoms. The topological polar surface area (TPSA) is 52.1 Å². The molecule has 76 valence electrons. The number of esters is 1. The van der Waals surface area contributed by atoms with Crippen molar-refractivity contribution in [2.24, 2.45) is 0 Å². The van der Waals surface area contributed by atoms with Gasteiger partial charge in [-0.1, -0.05) is 11.6 Å². The van der Waals surface area contributed by atoms with Gasteiger partial charge < -0.3 is 4.74 Å². The molecule has 0 radical (unpaired) electrons. The molecule has 4 nitrogen and oxygen atoms in total. The summed E-state index contributed by atoms with van der Waals surface area (Å²) in [5.41, 5.74) is 0.503. The summed E-state index contributed by atoms with van der Waals surface area (Å²) in [6.07, 6.45) is 1.42. The van der Waals surface area contributed by atoms with Crippen LogP contribution in [0.15, 0.2) is 6.20 Å². The van der Waals surface area contributed by atoms with E-state index in [0.29, 0.717) is 5.56 Å². The molecule has 0 aliphatic carbocycles. The minimum atomic E-state index is -0.496. The zero-order valence-corrected chi connectivity index (χ0v) is 9.13. The molecule has 6 heteroatoms. The fourth-order valence-corrected chi connectivity index (χ4v) is 1.41. The van der Waals surface area contributed by atoms with Gasteiger partial charge in [0.1, 0.15) is 5.15 Å². The van der Waals surface area contributed by atoms with Crippen LogP contribution in [0.1, 0.15) is 18.4 Å². The minimum Gasteiger partial charge on any atom is -0.469 e. The molecule has 0 saturated heterocycles. The second-order valence-corrected chi connectivity index (χ2v) is 3.33. The standard InChI is InChI=1S/C8H8Cl2N2O2/c1-4(7(13)14-2)5-3-11-8(10)12-6(5)9/h3-4H,1-2H3. The van der Waals surface area contributed by atoms with Gasteiger partial charge in [0.15, 0.2) is 0 Å². The second-order valence-electron chi connectivity index (χ2n) is 2.63. The Hall–Kier alpha value is -0.870. The fourth-order valence-electron chi connectivity index (χ4n) is 0.945. The van der Waals surface area contributed by atoms with Gasteiger partial charge in [0, 0.05) is 11.8 Å². The third-order valence-electron chi connectivity index (χ3n) is 1.76. The van der Waals surface area contributed by atoms with Gasteiger partial charge in [0.05, 0.1) is 13.0 Å². The summed E-state index contributed by atoms with van der Waals surface area (Å²) >= 11 is 11.3. The third kappa shape index (κ3) is 2.33. The van der Waals surface area contributed by atoms with E-state index in [4.69, 9.17) is 23.2 Å². The van der Waals surface area contributed by atoms with Gasteiger partial charge in [-0.3, -0.25) is 4.79 Å². The third-order valence-corrected chi connectivity index (χ3v) is 2.24. The Bertz CT molecular complexity index is 357. The Kier molecular flexibility index (Phi) is 3.66. The van der Waals surface area contributed by atoms with Crippen molar-refractivity contribution in [2.75, 3.05) is 7.11 Å². The Balaban J connectivity index is 3.01. The second kappa shape index (κ2) is 4.57. The average Bonchev–Trinajstić information content (AvgIpc) is 2.15. The highest BCUT2D eigenvalue weighted by atomic mass is 35.5. The van der Waals surface area contributed by atoms with Gasteiger partial charge in [-0.05, 0) is 18.5 Å². The number of hydrogen-bond donors (Lipinski definition) is 0. The van der Waals surface area contributed by atoms with Gasteiger partial charge in [0.25, 0.3) is 0 Å². The monoisotopic (exact) mass is 234 g/mol. The maximum absolute atomic E-state index is 11.2. The van der Waals surface area contributed by atoms with E-state index in [1.807, 2.05) is 0 Å². The molecular weight excluding hydrogens is 227 g/mol. The molecule has 1 rings (SSSR count). The minimum absolute atomic E-state index is 0.0517. The normalized spacial score (nSPS) is 12.3. The van der Waals surface area contributed by atoms with Crippen LogP contribution in [-0.4, -0.2) is 23.0 Å². The largest absolute Gasteiger partial charge is 0.469 e. The summed E-state index contributed by atoms with van der Waals surface area (Å²) < 4.78 is 4.57. The van der Waals surface area contributed by atoms with E-state index in [-0.39, 0.29) is 10.4 Å². The first-order valence-corrected chi connectivity index (χ1v) is 4.57. The molecule has 0 aliphatic rings. The Morgan fingerprint density at radius 3 is 2.71 bits per heavy atom. The number of halogens is 2. The van der Waals surface area contributed by atoms with Crippen molar-refractivity contribution in [2.45, 2.75) is 12.8 Å². The van der Waals surface area contributed by atoms with Crippen molar-refractivity contribution in [3.8, 4) is 0 Å². The lowest BCUT2D eigenvalue weighted by Gasteiger charge is -2.09. The lowest BCUT2D eigenvalue weighted by molar-refractivity contribution is -0.142. The van der Waals surface area contributed by atoms with E-state index in [2.05, 4.69) is 14.7 Å². The molecule has 0 saturated carbocycles. The molecule has 1 aromatic heterocycles. The summed E-state index contributed by atoms with van der Waals surface area (Å²) in [6, 6.07) is 0. The summed E-state index contributed by atoms with van der Waals surface area (Å²) in [5.74, 6) is -0.886. The first-order chi connectivity index (χ1) is 6.56. The predicted octanol–water partition coefficient (Wildman–Crippen LogP) is 2.06. The highest BCUT2D eigenvalue weighted by molar-refractivity contribution is 6.32. The number of hydrogen-bond acceptors (Lipinski definition) is 4. The number of carbonyl (C=O) groups is 1. The zero-order chi connectivity index (χ0) is 10.7. The molecule has 1 atom stereocenters. The van der Waals surface area contributed by atoms with E-state index in [0.717, 1.165) is 0 Å². The average molecular weight is 235 g/mol. The smallest absolute Gasteiger partial charge is 0.313 e. The molecular formula is C8H8Cl2N2O2. The molecule has 0 aliphatic heterocycles. The van der Waals surface area contributed by atoms with E-state index < -0.39 is 11.9 Å². The molecule has 0 N–H and O–H groups in total. The summed E-state index contributed by atoms with van der Waals surface area (Å²) in [7, 11) is 1.31. The number of aromatic nitrogens is 2. The molecule has 0 aromatic carbocycles. The SMILES string of the molecule is COC(=O)C(C)c1cnc(Cl)nc1Cl. The number of nitrogens with zero attached hydrogens (tertiary/aromatic N) is 2. The predicted molar refractivity (Wildman–Crippen MR) is 52.5 cm³/mol. The quantitative estimate of drug-likeness (QED) is 0.447. The van der Waals surface area contributed by atoms with Crippen LogP contribution in [0.5, 0.6) is 0 Å². The molecule has 0 amide bonds. The number of rotatable bonds is 2. The van der Waals surface area contributed by atoms with Crippen molar-refractivity contribution in [3.05, 3.63) is 22.2 Å². The van der Waals surface area contributed by atoms with E-state index in [1.165, 1.54) is 13.3 Å².